The zero-order valence-corrected chi connectivity index (χ0v) is 15.5. The average Bonchev–Trinajstić information content (AvgIpc) is 3.08. The lowest BCUT2D eigenvalue weighted by Gasteiger charge is -2.09. The molecule has 2 aromatic carbocycles. The Labute approximate surface area is 158 Å². The molecular formula is C18H20IN5. The minimum atomic E-state index is 0. The number of nitrogens with one attached hydrogen (secondary N) is 1. The van der Waals surface area contributed by atoms with Gasteiger partial charge in [-0.1, -0.05) is 42.5 Å². The molecule has 0 fully saturated rings. The number of nitrogens with zero attached hydrogens (tertiary/aromatic N) is 3. The van der Waals surface area contributed by atoms with Gasteiger partial charge in [0, 0.05) is 18.1 Å². The number of aromatic nitrogens is 2. The van der Waals surface area contributed by atoms with Crippen molar-refractivity contribution in [3.05, 3.63) is 84.2 Å². The maximum atomic E-state index is 5.96. The number of nitrogens with two attached hydrogens (primary N) is 1. The predicted octanol–water partition coefficient (Wildman–Crippen LogP) is 3.48. The molecule has 0 aliphatic heterocycles. The van der Waals surface area contributed by atoms with Crippen LogP contribution in [0.1, 0.15) is 11.1 Å². The first-order valence-corrected chi connectivity index (χ1v) is 7.47. The molecule has 0 aliphatic rings. The quantitative estimate of drug-likeness (QED) is 0.368. The summed E-state index contributed by atoms with van der Waals surface area (Å²) in [4.78, 5) is 4.43. The molecule has 24 heavy (non-hydrogen) atoms. The molecule has 0 spiro atoms. The Kier molecular flexibility index (Phi) is 6.80. The molecule has 1 heterocycles. The van der Waals surface area contributed by atoms with E-state index in [2.05, 4.69) is 27.5 Å². The summed E-state index contributed by atoms with van der Waals surface area (Å²) >= 11 is 0. The van der Waals surface area contributed by atoms with Crippen LogP contribution in [-0.2, 0) is 13.1 Å². The first-order chi connectivity index (χ1) is 11.3. The van der Waals surface area contributed by atoms with E-state index >= 15 is 0 Å². The molecule has 3 rings (SSSR count). The van der Waals surface area contributed by atoms with Crippen molar-refractivity contribution >= 4 is 35.6 Å². The Bertz CT molecular complexity index is 769. The van der Waals surface area contributed by atoms with E-state index in [1.165, 1.54) is 5.56 Å². The Morgan fingerprint density at radius 3 is 2.42 bits per heavy atom. The van der Waals surface area contributed by atoms with E-state index in [-0.39, 0.29) is 24.0 Å². The highest BCUT2D eigenvalue weighted by molar-refractivity contribution is 14.0. The van der Waals surface area contributed by atoms with Crippen molar-refractivity contribution < 1.29 is 0 Å². The summed E-state index contributed by atoms with van der Waals surface area (Å²) in [6, 6.07) is 19.9. The molecule has 0 atom stereocenters. The molecule has 0 bridgehead atoms. The van der Waals surface area contributed by atoms with Gasteiger partial charge in [-0.25, -0.2) is 4.99 Å². The maximum Gasteiger partial charge on any atom is 0.193 e. The van der Waals surface area contributed by atoms with Crippen LogP contribution in [0.15, 0.2) is 78.0 Å². The highest BCUT2D eigenvalue weighted by atomic mass is 127. The summed E-state index contributed by atoms with van der Waals surface area (Å²) in [6.07, 6.45) is 3.73. The number of para-hydroxylation sites is 1. The third-order valence-electron chi connectivity index (χ3n) is 3.48. The van der Waals surface area contributed by atoms with Crippen LogP contribution in [-0.4, -0.2) is 15.7 Å². The monoisotopic (exact) mass is 433 g/mol. The zero-order valence-electron chi connectivity index (χ0n) is 13.2. The second-order valence-corrected chi connectivity index (χ2v) is 5.16. The van der Waals surface area contributed by atoms with Crippen LogP contribution in [0.3, 0.4) is 0 Å². The number of halogens is 1. The van der Waals surface area contributed by atoms with Crippen molar-refractivity contribution in [1.29, 1.82) is 0 Å². The first kappa shape index (κ1) is 18.0. The highest BCUT2D eigenvalue weighted by Gasteiger charge is 2.03. The van der Waals surface area contributed by atoms with Crippen LogP contribution < -0.4 is 11.1 Å². The molecule has 0 saturated carbocycles. The molecule has 0 unspecified atom stereocenters. The standard InChI is InChI=1S/C18H19N5.HI/c19-18(22-17-9-2-1-3-10-17)20-13-15-7-4-5-8-16(15)14-23-12-6-11-21-23;/h1-12H,13-14H2,(H3,19,20,22);1H. The van der Waals surface area contributed by atoms with E-state index in [4.69, 9.17) is 5.73 Å². The van der Waals surface area contributed by atoms with Crippen LogP contribution in [0.5, 0.6) is 0 Å². The second kappa shape index (κ2) is 9.07. The molecule has 1 aromatic heterocycles. The fraction of sp³-hybridized carbons (Fsp3) is 0.111. The average molecular weight is 433 g/mol. The van der Waals surface area contributed by atoms with E-state index in [0.717, 1.165) is 17.8 Å². The molecule has 0 amide bonds. The van der Waals surface area contributed by atoms with E-state index in [1.54, 1.807) is 6.20 Å². The second-order valence-electron chi connectivity index (χ2n) is 5.16. The number of rotatable bonds is 5. The van der Waals surface area contributed by atoms with Crippen molar-refractivity contribution in [1.82, 2.24) is 9.78 Å². The number of hydrogen-bond donors (Lipinski definition) is 2. The van der Waals surface area contributed by atoms with Crippen molar-refractivity contribution in [2.45, 2.75) is 13.1 Å². The van der Waals surface area contributed by atoms with Gasteiger partial charge in [-0.15, -0.1) is 24.0 Å². The maximum absolute atomic E-state index is 5.96. The van der Waals surface area contributed by atoms with Gasteiger partial charge in [0.25, 0.3) is 0 Å². The third kappa shape index (κ3) is 5.09. The fourth-order valence-electron chi connectivity index (χ4n) is 2.31. The third-order valence-corrected chi connectivity index (χ3v) is 3.48. The summed E-state index contributed by atoms with van der Waals surface area (Å²) in [7, 11) is 0. The molecule has 0 saturated heterocycles. The van der Waals surface area contributed by atoms with Gasteiger partial charge in [0.05, 0.1) is 13.1 Å². The summed E-state index contributed by atoms with van der Waals surface area (Å²) in [5.41, 5.74) is 9.22. The number of anilines is 1. The lowest BCUT2D eigenvalue weighted by Crippen LogP contribution is -2.22. The van der Waals surface area contributed by atoms with Gasteiger partial charge in [0.2, 0.25) is 0 Å². The van der Waals surface area contributed by atoms with Gasteiger partial charge in [0.1, 0.15) is 0 Å². The smallest absolute Gasteiger partial charge is 0.193 e. The number of benzene rings is 2. The van der Waals surface area contributed by atoms with Gasteiger partial charge >= 0.3 is 0 Å². The Hall–Kier alpha value is -2.35. The van der Waals surface area contributed by atoms with Gasteiger partial charge in [-0.2, -0.15) is 5.10 Å². The number of guanidine groups is 1. The molecule has 0 aliphatic carbocycles. The minimum absolute atomic E-state index is 0. The first-order valence-electron chi connectivity index (χ1n) is 7.47. The SMILES string of the molecule is I.NC(=NCc1ccccc1Cn1cccn1)Nc1ccccc1. The fourth-order valence-corrected chi connectivity index (χ4v) is 2.31. The molecule has 3 N–H and O–H groups in total. The van der Waals surface area contributed by atoms with Crippen molar-refractivity contribution in [2.75, 3.05) is 5.32 Å². The minimum Gasteiger partial charge on any atom is -0.370 e. The largest absolute Gasteiger partial charge is 0.370 e. The predicted molar refractivity (Wildman–Crippen MR) is 109 cm³/mol. The molecule has 124 valence electrons. The summed E-state index contributed by atoms with van der Waals surface area (Å²) in [6.45, 7) is 1.26. The van der Waals surface area contributed by atoms with Crippen LogP contribution in [0.25, 0.3) is 0 Å². The van der Waals surface area contributed by atoms with Crippen LogP contribution in [0.4, 0.5) is 5.69 Å². The Morgan fingerprint density at radius 1 is 1.00 bits per heavy atom. The van der Waals surface area contributed by atoms with Crippen LogP contribution in [0, 0.1) is 0 Å². The van der Waals surface area contributed by atoms with Crippen molar-refractivity contribution in [3.8, 4) is 0 Å². The molecule has 0 radical (unpaired) electrons. The van der Waals surface area contributed by atoms with Crippen molar-refractivity contribution in [2.24, 2.45) is 10.7 Å². The Balaban J connectivity index is 0.00000208. The zero-order chi connectivity index (χ0) is 15.9. The van der Waals surface area contributed by atoms with E-state index in [9.17, 15) is 0 Å². The number of aliphatic imine (C=N–C) groups is 1. The molecule has 5 nitrogen and oxygen atoms in total. The summed E-state index contributed by atoms with van der Waals surface area (Å²) in [5, 5.41) is 7.33. The Morgan fingerprint density at radius 2 is 1.71 bits per heavy atom. The highest BCUT2D eigenvalue weighted by Crippen LogP contribution is 2.12. The lowest BCUT2D eigenvalue weighted by atomic mass is 10.1. The van der Waals surface area contributed by atoms with E-state index in [0.29, 0.717) is 12.5 Å². The lowest BCUT2D eigenvalue weighted by molar-refractivity contribution is 0.681. The number of hydrogen-bond acceptors (Lipinski definition) is 2. The van der Waals surface area contributed by atoms with Gasteiger partial charge < -0.3 is 11.1 Å². The summed E-state index contributed by atoms with van der Waals surface area (Å²) < 4.78 is 1.90. The topological polar surface area (TPSA) is 68.2 Å². The van der Waals surface area contributed by atoms with Gasteiger partial charge in [0.15, 0.2) is 5.96 Å². The summed E-state index contributed by atoms with van der Waals surface area (Å²) in [5.74, 6) is 0.407. The molecule has 3 aromatic rings. The van der Waals surface area contributed by atoms with Crippen LogP contribution in [0.2, 0.25) is 0 Å². The van der Waals surface area contributed by atoms with Gasteiger partial charge in [-0.05, 0) is 29.3 Å². The van der Waals surface area contributed by atoms with E-state index in [1.807, 2.05) is 59.4 Å². The van der Waals surface area contributed by atoms with E-state index < -0.39 is 0 Å². The van der Waals surface area contributed by atoms with Crippen LogP contribution >= 0.6 is 24.0 Å². The molecular weight excluding hydrogens is 413 g/mol. The molecule has 6 heteroatoms. The normalized spacial score (nSPS) is 10.9. The van der Waals surface area contributed by atoms with Crippen molar-refractivity contribution in [3.63, 3.8) is 0 Å². The van der Waals surface area contributed by atoms with Gasteiger partial charge in [-0.3, -0.25) is 4.68 Å².